The Morgan fingerprint density at radius 3 is 1.16 bits per heavy atom. The number of phosphoric ester groups is 1. The number of phosphoric acid groups is 1. The first kappa shape index (κ1) is 109. The van der Waals surface area contributed by atoms with Gasteiger partial charge in [-0.1, -0.05) is 151 Å². The Morgan fingerprint density at radius 2 is 0.884 bits per heavy atom. The van der Waals surface area contributed by atoms with E-state index in [1.807, 2.05) is 61.3 Å². The zero-order valence-electron chi connectivity index (χ0n) is 71.4. The van der Waals surface area contributed by atoms with Gasteiger partial charge in [-0.05, 0) is 103 Å². The van der Waals surface area contributed by atoms with Crippen molar-refractivity contribution >= 4 is 29.2 Å². The zero-order chi connectivity index (χ0) is 83.9. The quantitative estimate of drug-likeness (QED) is 0.0179. The number of carboxylic acid groups (broad SMARTS) is 1. The highest BCUT2D eigenvalue weighted by atomic mass is 31.2. The molecular formula is C80H154N7O22P3+2. The average Bonchev–Trinajstić information content (AvgIpc) is 1.04. The molecule has 10 N–H and O–H groups in total. The number of likely N-dealkylation sites (N-methyl/N-ethyl adjacent to an activating group) is 1. The SMILES string of the molecule is CCC.CCC([NH3+])C(=O)[O-].CCC[N+](CC)(CC)CC.CCC[NH3+].CCN1CCOCC1.CC[C@H]1O[C@H](O)[C@H](O)[C@@H]1C.COCCOCCOCCOCCOP(=O)(OCCc1ccc(C)cc1)N1CCOCC1.Cc1ccc(CCOP(=O)(N2CCOCC2)N2CCOCC2)cc1.Cc1ccc(CCOP(=O)(O)O)cc1. The molecule has 0 aromatic heterocycles. The summed E-state index contributed by atoms with van der Waals surface area (Å²) in [7, 11) is -9.09. The first-order valence-electron chi connectivity index (χ1n) is 40.9. The van der Waals surface area contributed by atoms with E-state index in [1.165, 1.54) is 73.2 Å². The number of rotatable bonds is 38. The number of ether oxygens (including phenoxy) is 9. The first-order chi connectivity index (χ1) is 53.6. The standard InChI is InChI=1S/C22H38NO8P.C17H27N2O4P.C9H22N.C9H13O4P.C7H14O3.C6H13NO.C4H9NO2.C3H9N.C3H8/c1-21-3-5-22(6-4-21)7-10-30-32(24,23-8-11-26-12-9-23)31-20-19-29-18-17-28-16-15-27-14-13-25-2;1-16-2-4-17(5-3-16)6-11-23-24(20,18-7-12-21-13-8-18)19-9-14-22-15-10-19;1-5-9-10(6-2,7-3)8-4;1-8-2-4-9(5-3-8)6-7-13-14(10,11)12;1-3-5-4(2)6(8)7(9)10-5;1-2-7-3-5-8-6-4-7;1-2-3(5)4(6)7;1-2-3-4;1-3-2/h3-6H,7-20H2,1-2H3;2-5H,6-15H2,1H3;5-9H2,1-4H3;2-5H,6-7H2,1H3,(H2,10,11,12);4-9H,3H2,1-2H3;2-6H2,1H3;3H,2,5H2,1H3,(H,6,7);2-4H2,1H3;3H2,1-2H3/q;;+1;;;;;;/p+1/t;;;;4-,5-,6-,7+;;;;/m....1..../s1. The number of carboxylic acids is 1. The minimum absolute atomic E-state index is 0.0185. The second-order valence-electron chi connectivity index (χ2n) is 27.4. The lowest BCUT2D eigenvalue weighted by Crippen LogP contribution is -2.67. The highest BCUT2D eigenvalue weighted by Crippen LogP contribution is 2.55. The maximum Gasteiger partial charge on any atom is 0.469 e. The van der Waals surface area contributed by atoms with Gasteiger partial charge in [0.25, 0.3) is 0 Å². The number of aryl methyl sites for hydroxylation is 3. The van der Waals surface area contributed by atoms with Crippen molar-refractivity contribution in [2.75, 3.05) is 224 Å². The van der Waals surface area contributed by atoms with Crippen molar-refractivity contribution in [3.05, 3.63) is 106 Å². The summed E-state index contributed by atoms with van der Waals surface area (Å²) in [4.78, 5) is 29.0. The monoisotopic (exact) mass is 1660 g/mol. The highest BCUT2D eigenvalue weighted by Gasteiger charge is 2.41. The van der Waals surface area contributed by atoms with Crippen LogP contribution in [0.1, 0.15) is 142 Å². The van der Waals surface area contributed by atoms with E-state index in [0.29, 0.717) is 158 Å². The molecule has 29 nitrogen and oxygen atoms in total. The van der Waals surface area contributed by atoms with Gasteiger partial charge in [-0.25, -0.2) is 23.1 Å². The number of carbonyl (C=O) groups is 1. The molecule has 5 heterocycles. The van der Waals surface area contributed by atoms with Crippen LogP contribution in [0.15, 0.2) is 72.8 Å². The number of morpholine rings is 4. The number of benzene rings is 3. The summed E-state index contributed by atoms with van der Waals surface area (Å²) >= 11 is 0. The molecular weight excluding hydrogens is 1500 g/mol. The van der Waals surface area contributed by atoms with Crippen molar-refractivity contribution in [1.29, 1.82) is 0 Å². The molecule has 0 spiro atoms. The second-order valence-corrected chi connectivity index (χ2v) is 33.0. The lowest BCUT2D eigenvalue weighted by atomic mass is 9.99. The second kappa shape index (κ2) is 67.7. The molecule has 2 unspecified atom stereocenters. The Kier molecular flexibility index (Phi) is 65.8. The highest BCUT2D eigenvalue weighted by molar-refractivity contribution is 7.54. The molecule has 32 heteroatoms. The number of quaternary nitrogens is 3. The Labute approximate surface area is 674 Å². The van der Waals surface area contributed by atoms with E-state index < -0.39 is 47.6 Å². The maximum absolute atomic E-state index is 13.7. The van der Waals surface area contributed by atoms with Crippen LogP contribution in [-0.4, -0.2) is 298 Å². The van der Waals surface area contributed by atoms with Gasteiger partial charge >= 0.3 is 23.2 Å². The maximum atomic E-state index is 13.7. The van der Waals surface area contributed by atoms with Gasteiger partial charge in [0.05, 0.1) is 170 Å². The van der Waals surface area contributed by atoms with E-state index in [1.54, 1.807) is 18.7 Å². The number of aliphatic hydroxyl groups excluding tert-OH is 2. The van der Waals surface area contributed by atoms with Crippen LogP contribution in [0.2, 0.25) is 0 Å². The molecule has 5 aliphatic rings. The molecule has 654 valence electrons. The third kappa shape index (κ3) is 51.2. The predicted molar refractivity (Wildman–Crippen MR) is 440 cm³/mol. The number of nitrogens with zero attached hydrogens (tertiary/aromatic N) is 5. The molecule has 0 saturated carbocycles. The normalized spacial score (nSPS) is 19.1. The fourth-order valence-electron chi connectivity index (χ4n) is 11.0. The van der Waals surface area contributed by atoms with E-state index in [0.717, 1.165) is 62.4 Å². The summed E-state index contributed by atoms with van der Waals surface area (Å²) in [6.45, 7) is 52.4. The Balaban J connectivity index is 0.00000135. The Bertz CT molecular complexity index is 2790. The Hall–Kier alpha value is -3.14. The van der Waals surface area contributed by atoms with Gasteiger partial charge in [0.2, 0.25) is 0 Å². The van der Waals surface area contributed by atoms with Crippen molar-refractivity contribution < 1.29 is 120 Å². The molecule has 5 aliphatic heterocycles. The lowest BCUT2D eigenvalue weighted by Gasteiger charge is -2.41. The molecule has 0 amide bonds. The minimum atomic E-state index is -4.31. The number of hydrogen-bond donors (Lipinski definition) is 6. The summed E-state index contributed by atoms with van der Waals surface area (Å²) < 4.78 is 114. The summed E-state index contributed by atoms with van der Waals surface area (Å²) in [5.74, 6) is -1.01. The summed E-state index contributed by atoms with van der Waals surface area (Å²) in [5, 5.41) is 27.9. The van der Waals surface area contributed by atoms with Gasteiger partial charge in [-0.3, -0.25) is 23.0 Å². The van der Waals surface area contributed by atoms with Gasteiger partial charge in [0.15, 0.2) is 6.29 Å². The molecule has 112 heavy (non-hydrogen) atoms. The van der Waals surface area contributed by atoms with Gasteiger partial charge in [0.1, 0.15) is 12.1 Å². The van der Waals surface area contributed by atoms with E-state index >= 15 is 0 Å². The topological polar surface area (TPSA) is 360 Å². The van der Waals surface area contributed by atoms with Crippen LogP contribution in [0.5, 0.6) is 0 Å². The summed E-state index contributed by atoms with van der Waals surface area (Å²) in [6.07, 6.45) is 5.44. The van der Waals surface area contributed by atoms with Crippen LogP contribution in [0.3, 0.4) is 0 Å². The molecule has 5 saturated heterocycles. The molecule has 8 rings (SSSR count). The van der Waals surface area contributed by atoms with Crippen LogP contribution < -0.4 is 16.6 Å². The summed E-state index contributed by atoms with van der Waals surface area (Å²) in [6, 6.07) is 23.8. The lowest BCUT2D eigenvalue weighted by molar-refractivity contribution is -0.923. The average molecular weight is 1660 g/mol. The van der Waals surface area contributed by atoms with Crippen LogP contribution in [0, 0.1) is 26.7 Å². The first-order valence-corrected chi connectivity index (χ1v) is 45.4. The van der Waals surface area contributed by atoms with Crippen molar-refractivity contribution in [3.8, 4) is 0 Å². The van der Waals surface area contributed by atoms with E-state index in [4.69, 9.17) is 71.1 Å². The van der Waals surface area contributed by atoms with Crippen LogP contribution in [0.25, 0.3) is 0 Å². The van der Waals surface area contributed by atoms with E-state index in [-0.39, 0.29) is 25.2 Å². The van der Waals surface area contributed by atoms with Crippen LogP contribution in [0.4, 0.5) is 0 Å². The molecule has 3 aromatic rings. The van der Waals surface area contributed by atoms with Crippen molar-refractivity contribution in [2.45, 2.75) is 173 Å². The van der Waals surface area contributed by atoms with Gasteiger partial charge in [-0.15, -0.1) is 0 Å². The van der Waals surface area contributed by atoms with E-state index in [9.17, 15) is 28.7 Å². The fraction of sp³-hybridized carbons (Fsp3) is 0.762. The van der Waals surface area contributed by atoms with Gasteiger partial charge in [-0.2, -0.15) is 0 Å². The largest absolute Gasteiger partial charge is 0.544 e. The molecule has 0 radical (unpaired) electrons. The fourth-order valence-corrected chi connectivity index (χ4v) is 15.4. The Morgan fingerprint density at radius 1 is 0.536 bits per heavy atom. The van der Waals surface area contributed by atoms with Crippen molar-refractivity contribution in [1.82, 2.24) is 18.9 Å². The number of aliphatic hydroxyl groups is 2. The van der Waals surface area contributed by atoms with Crippen LogP contribution >= 0.6 is 23.2 Å². The van der Waals surface area contributed by atoms with Gasteiger partial charge < -0.3 is 93.0 Å². The minimum Gasteiger partial charge on any atom is -0.544 e. The zero-order valence-corrected chi connectivity index (χ0v) is 74.1. The number of carbonyl (C=O) groups excluding carboxylic acids is 1. The van der Waals surface area contributed by atoms with E-state index in [2.05, 4.69) is 132 Å². The predicted octanol–water partition coefficient (Wildman–Crippen LogP) is 8.21. The number of hydrogen-bond acceptors (Lipinski definition) is 21. The smallest absolute Gasteiger partial charge is 0.469 e. The molecule has 3 aromatic carbocycles. The molecule has 0 aliphatic carbocycles. The number of aliphatic carboxylic acids is 1. The third-order valence-corrected chi connectivity index (χ3v) is 23.9. The van der Waals surface area contributed by atoms with Crippen molar-refractivity contribution in [2.24, 2.45) is 5.92 Å². The van der Waals surface area contributed by atoms with Crippen molar-refractivity contribution in [3.63, 3.8) is 0 Å². The summed E-state index contributed by atoms with van der Waals surface area (Å²) in [5.41, 5.74) is 13.8. The molecule has 6 atom stereocenters. The molecule has 0 bridgehead atoms. The number of methoxy groups -OCH3 is 1. The third-order valence-electron chi connectivity index (χ3n) is 18.6. The molecule has 5 fully saturated rings. The van der Waals surface area contributed by atoms with Crippen LogP contribution in [-0.2, 0) is 98.5 Å². The van der Waals surface area contributed by atoms with Gasteiger partial charge in [0, 0.05) is 71.8 Å².